The first-order valence-corrected chi connectivity index (χ1v) is 6.73. The van der Waals surface area contributed by atoms with E-state index in [2.05, 4.69) is 36.5 Å². The van der Waals surface area contributed by atoms with Crippen LogP contribution in [0.1, 0.15) is 16.5 Å². The summed E-state index contributed by atoms with van der Waals surface area (Å²) in [7, 11) is 0. The van der Waals surface area contributed by atoms with Crippen molar-refractivity contribution in [1.82, 2.24) is 5.32 Å². The number of dihydropyridines is 1. The lowest BCUT2D eigenvalue weighted by atomic mass is 10.1. The second-order valence-electron chi connectivity index (χ2n) is 4.10. The van der Waals surface area contributed by atoms with E-state index in [4.69, 9.17) is 11.6 Å². The third-order valence-corrected chi connectivity index (χ3v) is 4.72. The molecule has 86 valence electrons. The molecule has 1 aliphatic rings. The van der Waals surface area contributed by atoms with Crippen molar-refractivity contribution < 1.29 is 0 Å². The number of benzene rings is 1. The third-order valence-electron chi connectivity index (χ3n) is 3.03. The molecule has 1 nitrogen and oxygen atoms in total. The Kier molecular flexibility index (Phi) is 2.69. The molecule has 0 saturated carbocycles. The Morgan fingerprint density at radius 2 is 2.12 bits per heavy atom. The molecule has 0 amide bonds. The van der Waals surface area contributed by atoms with E-state index in [9.17, 15) is 0 Å². The molecule has 0 saturated heterocycles. The first-order chi connectivity index (χ1) is 8.27. The number of hydrogen-bond donors (Lipinski definition) is 1. The second kappa shape index (κ2) is 4.21. The van der Waals surface area contributed by atoms with Crippen LogP contribution in [-0.4, -0.2) is 0 Å². The van der Waals surface area contributed by atoms with Gasteiger partial charge in [0.05, 0.1) is 6.04 Å². The molecule has 0 spiro atoms. The average molecular weight is 262 g/mol. The first kappa shape index (κ1) is 10.9. The average Bonchev–Trinajstić information content (AvgIpc) is 2.68. The molecule has 1 unspecified atom stereocenters. The number of halogens is 1. The lowest BCUT2D eigenvalue weighted by Crippen LogP contribution is -2.17. The Morgan fingerprint density at radius 3 is 2.88 bits per heavy atom. The quantitative estimate of drug-likeness (QED) is 0.798. The fourth-order valence-corrected chi connectivity index (χ4v) is 3.74. The highest BCUT2D eigenvalue weighted by Gasteiger charge is 2.20. The van der Waals surface area contributed by atoms with Crippen LogP contribution >= 0.6 is 22.9 Å². The maximum absolute atomic E-state index is 6.27. The van der Waals surface area contributed by atoms with Crippen molar-refractivity contribution in [2.75, 3.05) is 0 Å². The van der Waals surface area contributed by atoms with Gasteiger partial charge in [0.2, 0.25) is 0 Å². The van der Waals surface area contributed by atoms with E-state index in [1.165, 1.54) is 20.5 Å². The molecular weight excluding hydrogens is 250 g/mol. The molecule has 2 heterocycles. The molecule has 3 rings (SSSR count). The zero-order chi connectivity index (χ0) is 11.8. The summed E-state index contributed by atoms with van der Waals surface area (Å²) in [6, 6.07) is 8.60. The van der Waals surface area contributed by atoms with Gasteiger partial charge >= 0.3 is 0 Å². The van der Waals surface area contributed by atoms with E-state index in [1.807, 2.05) is 29.7 Å². The monoisotopic (exact) mass is 261 g/mol. The third kappa shape index (κ3) is 1.78. The van der Waals surface area contributed by atoms with Crippen LogP contribution in [0.5, 0.6) is 0 Å². The standard InChI is InChI=1S/C14H12ClNS/c1-9-10-5-2-3-7-12(10)17-14(9)13-11(15)6-4-8-16-13/h2-8,13,16H,1H3. The lowest BCUT2D eigenvalue weighted by molar-refractivity contribution is 0.743. The van der Waals surface area contributed by atoms with Crippen LogP contribution in [0.2, 0.25) is 0 Å². The van der Waals surface area contributed by atoms with Gasteiger partial charge in [0, 0.05) is 14.6 Å². The number of fused-ring (bicyclic) bond motifs is 1. The summed E-state index contributed by atoms with van der Waals surface area (Å²) >= 11 is 8.08. The van der Waals surface area contributed by atoms with Crippen molar-refractivity contribution in [3.05, 3.63) is 58.1 Å². The summed E-state index contributed by atoms with van der Waals surface area (Å²) < 4.78 is 1.32. The molecule has 1 atom stereocenters. The maximum Gasteiger partial charge on any atom is 0.0966 e. The van der Waals surface area contributed by atoms with Crippen molar-refractivity contribution in [2.24, 2.45) is 0 Å². The number of nitrogens with one attached hydrogen (secondary N) is 1. The zero-order valence-electron chi connectivity index (χ0n) is 9.41. The number of allylic oxidation sites excluding steroid dienone is 2. The first-order valence-electron chi connectivity index (χ1n) is 5.53. The minimum absolute atomic E-state index is 0.110. The van der Waals surface area contributed by atoms with E-state index in [-0.39, 0.29) is 6.04 Å². The Labute approximate surface area is 109 Å². The molecule has 0 bridgehead atoms. The second-order valence-corrected chi connectivity index (χ2v) is 5.62. The van der Waals surface area contributed by atoms with Gasteiger partial charge in [-0.25, -0.2) is 0 Å². The molecule has 2 aromatic rings. The van der Waals surface area contributed by atoms with Crippen molar-refractivity contribution in [3.63, 3.8) is 0 Å². The van der Waals surface area contributed by atoms with Crippen molar-refractivity contribution in [2.45, 2.75) is 13.0 Å². The molecule has 3 heteroatoms. The number of thiophene rings is 1. The van der Waals surface area contributed by atoms with Crippen LogP contribution in [0.25, 0.3) is 10.1 Å². The number of hydrogen-bond acceptors (Lipinski definition) is 2. The van der Waals surface area contributed by atoms with Crippen molar-refractivity contribution >= 4 is 33.0 Å². The van der Waals surface area contributed by atoms with Crippen molar-refractivity contribution in [1.29, 1.82) is 0 Å². The van der Waals surface area contributed by atoms with Crippen LogP contribution in [-0.2, 0) is 0 Å². The van der Waals surface area contributed by atoms with Gasteiger partial charge in [-0.05, 0) is 42.3 Å². The summed E-state index contributed by atoms with van der Waals surface area (Å²) in [5.41, 5.74) is 1.32. The topological polar surface area (TPSA) is 12.0 Å². The lowest BCUT2D eigenvalue weighted by Gasteiger charge is -2.18. The molecule has 0 fully saturated rings. The molecule has 1 N–H and O–H groups in total. The van der Waals surface area contributed by atoms with Crippen LogP contribution < -0.4 is 5.32 Å². The van der Waals surface area contributed by atoms with Gasteiger partial charge in [0.25, 0.3) is 0 Å². The molecule has 1 aliphatic heterocycles. The summed E-state index contributed by atoms with van der Waals surface area (Å²) in [6.45, 7) is 2.17. The summed E-state index contributed by atoms with van der Waals surface area (Å²) in [5.74, 6) is 0. The Bertz CT molecular complexity index is 624. The van der Waals surface area contributed by atoms with Crippen molar-refractivity contribution in [3.8, 4) is 0 Å². The smallest absolute Gasteiger partial charge is 0.0966 e. The summed E-state index contributed by atoms with van der Waals surface area (Å²) in [6.07, 6.45) is 5.83. The van der Waals surface area contributed by atoms with Gasteiger partial charge in [-0.3, -0.25) is 0 Å². The van der Waals surface area contributed by atoms with Crippen LogP contribution in [0, 0.1) is 6.92 Å². The van der Waals surface area contributed by atoms with Crippen LogP contribution in [0.15, 0.2) is 47.6 Å². The molecule has 0 aliphatic carbocycles. The van der Waals surface area contributed by atoms with Crippen LogP contribution in [0.4, 0.5) is 0 Å². The molecular formula is C14H12ClNS. The highest BCUT2D eigenvalue weighted by atomic mass is 35.5. The molecule has 0 radical (unpaired) electrons. The van der Waals surface area contributed by atoms with Gasteiger partial charge in [-0.2, -0.15) is 0 Å². The minimum Gasteiger partial charge on any atom is -0.379 e. The summed E-state index contributed by atoms with van der Waals surface area (Å²) in [4.78, 5) is 1.30. The van der Waals surface area contributed by atoms with Gasteiger partial charge in [0.15, 0.2) is 0 Å². The van der Waals surface area contributed by atoms with Crippen LogP contribution in [0.3, 0.4) is 0 Å². The number of aryl methyl sites for hydroxylation is 1. The minimum atomic E-state index is 0.110. The van der Waals surface area contributed by atoms with E-state index >= 15 is 0 Å². The fourth-order valence-electron chi connectivity index (χ4n) is 2.14. The summed E-state index contributed by atoms with van der Waals surface area (Å²) in [5, 5.41) is 5.49. The SMILES string of the molecule is Cc1c(C2NC=CC=C2Cl)sc2ccccc12. The van der Waals surface area contributed by atoms with E-state index in [0.717, 1.165) is 5.03 Å². The largest absolute Gasteiger partial charge is 0.379 e. The van der Waals surface area contributed by atoms with E-state index in [1.54, 1.807) is 0 Å². The van der Waals surface area contributed by atoms with Gasteiger partial charge in [0.1, 0.15) is 0 Å². The maximum atomic E-state index is 6.27. The molecule has 1 aromatic carbocycles. The molecule has 17 heavy (non-hydrogen) atoms. The zero-order valence-corrected chi connectivity index (χ0v) is 11.0. The predicted molar refractivity (Wildman–Crippen MR) is 75.5 cm³/mol. The molecule has 1 aromatic heterocycles. The normalized spacial score (nSPS) is 19.2. The van der Waals surface area contributed by atoms with Gasteiger partial charge in [-0.15, -0.1) is 11.3 Å². The highest BCUT2D eigenvalue weighted by molar-refractivity contribution is 7.19. The Hall–Kier alpha value is -1.25. The Morgan fingerprint density at radius 1 is 1.29 bits per heavy atom. The highest BCUT2D eigenvalue weighted by Crippen LogP contribution is 2.38. The Balaban J connectivity index is 2.15. The fraction of sp³-hybridized carbons (Fsp3) is 0.143. The number of rotatable bonds is 1. The van der Waals surface area contributed by atoms with E-state index in [0.29, 0.717) is 0 Å². The predicted octanol–water partition coefficient (Wildman–Crippen LogP) is 4.49. The van der Waals surface area contributed by atoms with Gasteiger partial charge < -0.3 is 5.32 Å². The van der Waals surface area contributed by atoms with Gasteiger partial charge in [-0.1, -0.05) is 29.8 Å². The van der Waals surface area contributed by atoms with E-state index < -0.39 is 0 Å².